The average Bonchev–Trinajstić information content (AvgIpc) is 3.57. The van der Waals surface area contributed by atoms with E-state index in [1.165, 1.54) is 23.5 Å². The Bertz CT molecular complexity index is 1370. The zero-order valence-electron chi connectivity index (χ0n) is 21.2. The van der Waals surface area contributed by atoms with E-state index < -0.39 is 0 Å². The molecule has 0 saturated heterocycles. The van der Waals surface area contributed by atoms with E-state index in [2.05, 4.69) is 65.8 Å². The highest BCUT2D eigenvalue weighted by Gasteiger charge is 2.19. The van der Waals surface area contributed by atoms with Gasteiger partial charge in [-0.2, -0.15) is 5.10 Å². The van der Waals surface area contributed by atoms with E-state index in [4.69, 9.17) is 9.15 Å². The molecule has 0 bridgehead atoms. The topological polar surface area (TPSA) is 94.5 Å². The Morgan fingerprint density at radius 1 is 1.11 bits per heavy atom. The molecule has 190 valence electrons. The van der Waals surface area contributed by atoms with Crippen LogP contribution in [0.15, 0.2) is 87.7 Å². The predicted molar refractivity (Wildman–Crippen MR) is 147 cm³/mol. The molecule has 1 N–H and O–H groups in total. The van der Waals surface area contributed by atoms with Crippen LogP contribution in [0.3, 0.4) is 0 Å². The van der Waals surface area contributed by atoms with Crippen molar-refractivity contribution in [3.8, 4) is 22.8 Å². The molecule has 2 heterocycles. The summed E-state index contributed by atoms with van der Waals surface area (Å²) in [5.74, 6) is 2.01. The molecule has 0 spiro atoms. The summed E-state index contributed by atoms with van der Waals surface area (Å²) < 4.78 is 12.5. The normalized spacial score (nSPS) is 11.9. The zero-order valence-corrected chi connectivity index (χ0v) is 22.0. The molecule has 1 amide bonds. The molecule has 0 saturated carbocycles. The van der Waals surface area contributed by atoms with E-state index in [0.717, 1.165) is 17.0 Å². The fourth-order valence-electron chi connectivity index (χ4n) is 3.47. The zero-order chi connectivity index (χ0) is 26.3. The van der Waals surface area contributed by atoms with Crippen LogP contribution in [-0.4, -0.2) is 39.7 Å². The predicted octanol–water partition coefficient (Wildman–Crippen LogP) is 5.74. The van der Waals surface area contributed by atoms with Crippen LogP contribution in [0.1, 0.15) is 32.1 Å². The molecule has 0 fully saturated rings. The third kappa shape index (κ3) is 6.77. The second-order valence-electron chi connectivity index (χ2n) is 9.14. The van der Waals surface area contributed by atoms with Crippen LogP contribution in [0.5, 0.6) is 5.75 Å². The molecule has 2 aromatic heterocycles. The number of carbonyl (C=O) groups excluding carboxylic acids is 1. The van der Waals surface area contributed by atoms with Gasteiger partial charge in [0.1, 0.15) is 11.5 Å². The molecule has 37 heavy (non-hydrogen) atoms. The Morgan fingerprint density at radius 3 is 2.51 bits per heavy atom. The first-order chi connectivity index (χ1) is 17.8. The van der Waals surface area contributed by atoms with Crippen LogP contribution in [-0.2, 0) is 10.2 Å². The molecular weight excluding hydrogens is 486 g/mol. The average molecular weight is 516 g/mol. The van der Waals surface area contributed by atoms with Crippen molar-refractivity contribution in [3.05, 3.63) is 84.3 Å². The minimum atomic E-state index is -0.256. The van der Waals surface area contributed by atoms with E-state index >= 15 is 0 Å². The molecule has 0 aliphatic rings. The number of hydrazone groups is 1. The number of ether oxygens (including phenoxy) is 1. The first-order valence-electron chi connectivity index (χ1n) is 11.7. The largest absolute Gasteiger partial charge is 0.497 e. The number of nitrogens with zero attached hydrogens (tertiary/aromatic N) is 4. The Balaban J connectivity index is 1.51. The van der Waals surface area contributed by atoms with Crippen LogP contribution >= 0.6 is 11.8 Å². The van der Waals surface area contributed by atoms with Gasteiger partial charge in [-0.3, -0.25) is 9.36 Å². The monoisotopic (exact) mass is 515 g/mol. The van der Waals surface area contributed by atoms with Crippen molar-refractivity contribution in [2.75, 3.05) is 12.9 Å². The minimum Gasteiger partial charge on any atom is -0.497 e. The number of thioether (sulfide) groups is 1. The van der Waals surface area contributed by atoms with Crippen molar-refractivity contribution in [2.45, 2.75) is 31.3 Å². The van der Waals surface area contributed by atoms with Crippen LogP contribution in [0.25, 0.3) is 23.2 Å². The molecule has 9 heteroatoms. The van der Waals surface area contributed by atoms with Crippen molar-refractivity contribution < 1.29 is 13.9 Å². The van der Waals surface area contributed by atoms with Crippen molar-refractivity contribution in [2.24, 2.45) is 5.10 Å². The first kappa shape index (κ1) is 26.0. The molecule has 2 aromatic carbocycles. The highest BCUT2D eigenvalue weighted by molar-refractivity contribution is 7.99. The molecular formula is C28H29N5O3S. The van der Waals surface area contributed by atoms with Gasteiger partial charge in [-0.1, -0.05) is 56.8 Å². The molecule has 0 aliphatic heterocycles. The highest BCUT2D eigenvalue weighted by atomic mass is 32.2. The van der Waals surface area contributed by atoms with Gasteiger partial charge in [0.05, 0.1) is 19.1 Å². The van der Waals surface area contributed by atoms with Crippen LogP contribution in [0, 0.1) is 0 Å². The Labute approximate surface area is 220 Å². The van der Waals surface area contributed by atoms with Crippen molar-refractivity contribution >= 4 is 30.0 Å². The molecule has 4 aromatic rings. The number of methoxy groups -OCH3 is 1. The smallest absolute Gasteiger partial charge is 0.250 e. The maximum absolute atomic E-state index is 12.4. The Kier molecular flexibility index (Phi) is 8.25. The second kappa shape index (κ2) is 11.7. The number of aromatic nitrogens is 3. The lowest BCUT2D eigenvalue weighted by molar-refractivity contribution is -0.118. The van der Waals surface area contributed by atoms with Gasteiger partial charge in [0, 0.05) is 17.5 Å². The summed E-state index contributed by atoms with van der Waals surface area (Å²) in [6.45, 7) is 6.54. The van der Waals surface area contributed by atoms with E-state index in [9.17, 15) is 4.79 Å². The lowest BCUT2D eigenvalue weighted by Crippen LogP contribution is -2.19. The van der Waals surface area contributed by atoms with Gasteiger partial charge in [0.2, 0.25) is 0 Å². The molecule has 0 unspecified atom stereocenters. The maximum Gasteiger partial charge on any atom is 0.250 e. The minimum absolute atomic E-state index is 0.0492. The number of carbonyl (C=O) groups is 1. The van der Waals surface area contributed by atoms with Gasteiger partial charge < -0.3 is 9.15 Å². The van der Waals surface area contributed by atoms with Gasteiger partial charge in [-0.15, -0.1) is 10.2 Å². The van der Waals surface area contributed by atoms with E-state index in [1.807, 2.05) is 34.9 Å². The number of amides is 1. The highest BCUT2D eigenvalue weighted by Crippen LogP contribution is 2.30. The van der Waals surface area contributed by atoms with Crippen LogP contribution in [0.4, 0.5) is 0 Å². The third-order valence-corrected chi connectivity index (χ3v) is 6.39. The standard InChI is InChI=1S/C28H29N5O3S/c1-28(2,3)21-11-9-20(10-12-21)26-31-32-27(33(26)22-13-15-23(35-4)16-14-22)37-19-25(34)30-29-17-5-7-24-8-6-18-36-24/h5-18H,19H2,1-4H3,(H,30,34). The van der Waals surface area contributed by atoms with Gasteiger partial charge in [0.15, 0.2) is 11.0 Å². The summed E-state index contributed by atoms with van der Waals surface area (Å²) in [7, 11) is 1.63. The van der Waals surface area contributed by atoms with E-state index in [1.54, 1.807) is 31.6 Å². The number of rotatable bonds is 9. The number of nitrogens with one attached hydrogen (secondary N) is 1. The number of furan rings is 1. The third-order valence-electron chi connectivity index (χ3n) is 5.46. The van der Waals surface area contributed by atoms with E-state index in [0.29, 0.717) is 16.7 Å². The molecule has 8 nitrogen and oxygen atoms in total. The number of hydrogen-bond acceptors (Lipinski definition) is 7. The van der Waals surface area contributed by atoms with Crippen LogP contribution in [0.2, 0.25) is 0 Å². The summed E-state index contributed by atoms with van der Waals surface area (Å²) in [5.41, 5.74) is 5.60. The fourth-order valence-corrected chi connectivity index (χ4v) is 4.22. The fraction of sp³-hybridized carbons (Fsp3) is 0.214. The van der Waals surface area contributed by atoms with Crippen molar-refractivity contribution in [1.82, 2.24) is 20.2 Å². The Hall–Kier alpha value is -4.11. The summed E-state index contributed by atoms with van der Waals surface area (Å²) in [6.07, 6.45) is 6.51. The molecule has 0 radical (unpaired) electrons. The van der Waals surface area contributed by atoms with Crippen molar-refractivity contribution in [3.63, 3.8) is 0 Å². The number of allylic oxidation sites excluding steroid dienone is 1. The first-order valence-corrected chi connectivity index (χ1v) is 12.7. The molecule has 0 atom stereocenters. The second-order valence-corrected chi connectivity index (χ2v) is 10.1. The molecule has 0 aliphatic carbocycles. The lowest BCUT2D eigenvalue weighted by atomic mass is 9.87. The summed E-state index contributed by atoms with van der Waals surface area (Å²) in [6, 6.07) is 19.6. The SMILES string of the molecule is COc1ccc(-n2c(SCC(=O)NN=CC=Cc3ccco3)nnc2-c2ccc(C(C)(C)C)cc2)cc1. The molecule has 4 rings (SSSR count). The van der Waals surface area contributed by atoms with Crippen LogP contribution < -0.4 is 10.2 Å². The quantitative estimate of drug-likeness (QED) is 0.174. The maximum atomic E-state index is 12.4. The van der Waals surface area contributed by atoms with Gasteiger partial charge in [0.25, 0.3) is 5.91 Å². The number of benzene rings is 2. The summed E-state index contributed by atoms with van der Waals surface area (Å²) >= 11 is 1.28. The van der Waals surface area contributed by atoms with E-state index in [-0.39, 0.29) is 17.1 Å². The van der Waals surface area contributed by atoms with Gasteiger partial charge in [-0.25, -0.2) is 5.43 Å². The Morgan fingerprint density at radius 2 is 1.86 bits per heavy atom. The summed E-state index contributed by atoms with van der Waals surface area (Å²) in [5, 5.41) is 13.4. The van der Waals surface area contributed by atoms with Gasteiger partial charge >= 0.3 is 0 Å². The lowest BCUT2D eigenvalue weighted by Gasteiger charge is -2.19. The van der Waals surface area contributed by atoms with Crippen molar-refractivity contribution in [1.29, 1.82) is 0 Å². The summed E-state index contributed by atoms with van der Waals surface area (Å²) in [4.78, 5) is 12.4. The van der Waals surface area contributed by atoms with Gasteiger partial charge in [-0.05, 0) is 59.5 Å². The number of hydrogen-bond donors (Lipinski definition) is 1.